The fourth-order valence-electron chi connectivity index (χ4n) is 2.58. The van der Waals surface area contributed by atoms with Crippen molar-refractivity contribution < 1.29 is 4.79 Å². The van der Waals surface area contributed by atoms with Gasteiger partial charge in [-0.3, -0.25) is 4.79 Å². The second-order valence-corrected chi connectivity index (χ2v) is 5.99. The Balaban J connectivity index is 0.00000128. The minimum atomic E-state index is 0. The van der Waals surface area contributed by atoms with Crippen molar-refractivity contribution in [1.82, 2.24) is 4.90 Å². The van der Waals surface area contributed by atoms with Crippen LogP contribution in [0.25, 0.3) is 0 Å². The molecule has 0 spiro atoms. The van der Waals surface area contributed by atoms with Crippen LogP contribution in [0.5, 0.6) is 0 Å². The van der Waals surface area contributed by atoms with Crippen LogP contribution >= 0.6 is 24.2 Å². The summed E-state index contributed by atoms with van der Waals surface area (Å²) in [6.45, 7) is 3.74. The number of hydrogen-bond acceptors (Lipinski definition) is 3. The number of nitrogens with zero attached hydrogens (tertiary/aromatic N) is 1. The van der Waals surface area contributed by atoms with Gasteiger partial charge in [0.2, 0.25) is 5.91 Å². The minimum absolute atomic E-state index is 0. The highest BCUT2D eigenvalue weighted by Gasteiger charge is 2.36. The van der Waals surface area contributed by atoms with Crippen LogP contribution in [0.3, 0.4) is 0 Å². The van der Waals surface area contributed by atoms with E-state index in [1.807, 2.05) is 11.8 Å². The molecule has 2 saturated heterocycles. The lowest BCUT2D eigenvalue weighted by molar-refractivity contribution is -0.131. The van der Waals surface area contributed by atoms with Gasteiger partial charge in [-0.05, 0) is 44.4 Å². The van der Waals surface area contributed by atoms with Gasteiger partial charge in [0, 0.05) is 12.6 Å². The summed E-state index contributed by atoms with van der Waals surface area (Å²) in [5, 5.41) is 0.240. The summed E-state index contributed by atoms with van der Waals surface area (Å²) in [7, 11) is 0. The quantitative estimate of drug-likeness (QED) is 0.822. The molecule has 2 rings (SSSR count). The van der Waals surface area contributed by atoms with Crippen molar-refractivity contribution in [3.8, 4) is 0 Å². The van der Waals surface area contributed by atoms with Crippen LogP contribution in [0.15, 0.2) is 0 Å². The van der Waals surface area contributed by atoms with Gasteiger partial charge in [-0.25, -0.2) is 0 Å². The first-order valence-corrected chi connectivity index (χ1v) is 6.89. The van der Waals surface area contributed by atoms with Crippen LogP contribution in [-0.4, -0.2) is 40.9 Å². The van der Waals surface area contributed by atoms with Crippen molar-refractivity contribution in [1.29, 1.82) is 0 Å². The van der Waals surface area contributed by atoms with Crippen LogP contribution in [0.2, 0.25) is 0 Å². The predicted octanol–water partition coefficient (Wildman–Crippen LogP) is 1.50. The number of halogens is 1. The Bertz CT molecular complexity index is 246. The molecule has 3 unspecified atom stereocenters. The fourth-order valence-corrected chi connectivity index (χ4v) is 3.81. The summed E-state index contributed by atoms with van der Waals surface area (Å²) in [5.41, 5.74) is 5.67. The van der Waals surface area contributed by atoms with Gasteiger partial charge >= 0.3 is 0 Å². The third-order valence-electron chi connectivity index (χ3n) is 3.48. The smallest absolute Gasteiger partial charge is 0.235 e. The number of amides is 1. The molecule has 0 aromatic carbocycles. The van der Waals surface area contributed by atoms with Gasteiger partial charge in [-0.1, -0.05) is 0 Å². The number of carbonyl (C=O) groups excluding carboxylic acids is 1. The first-order chi connectivity index (χ1) is 7.22. The van der Waals surface area contributed by atoms with E-state index in [-0.39, 0.29) is 17.7 Å². The number of hydrogen-bond donors (Lipinski definition) is 1. The molecule has 0 aromatic rings. The molecular weight excluding hydrogens is 244 g/mol. The van der Waals surface area contributed by atoms with Crippen LogP contribution in [0, 0.1) is 5.92 Å². The van der Waals surface area contributed by atoms with Gasteiger partial charge in [0.05, 0.1) is 5.25 Å². The van der Waals surface area contributed by atoms with E-state index in [4.69, 9.17) is 5.73 Å². The van der Waals surface area contributed by atoms with E-state index < -0.39 is 0 Å². The molecule has 2 aliphatic heterocycles. The molecule has 3 nitrogen and oxygen atoms in total. The Labute approximate surface area is 108 Å². The molecule has 0 saturated carbocycles. The van der Waals surface area contributed by atoms with Gasteiger partial charge in [-0.2, -0.15) is 0 Å². The van der Waals surface area contributed by atoms with E-state index >= 15 is 0 Å². The molecule has 2 aliphatic rings. The number of thioether (sulfide) groups is 1. The highest BCUT2D eigenvalue weighted by molar-refractivity contribution is 8.00. The summed E-state index contributed by atoms with van der Waals surface area (Å²) < 4.78 is 0. The van der Waals surface area contributed by atoms with Crippen LogP contribution in [0.4, 0.5) is 0 Å². The lowest BCUT2D eigenvalue weighted by atomic mass is 10.1. The zero-order valence-corrected chi connectivity index (χ0v) is 11.4. The summed E-state index contributed by atoms with van der Waals surface area (Å²) >= 11 is 1.83. The maximum Gasteiger partial charge on any atom is 0.235 e. The van der Waals surface area contributed by atoms with Crippen molar-refractivity contribution >= 4 is 30.1 Å². The number of rotatable bonds is 2. The zero-order valence-electron chi connectivity index (χ0n) is 9.72. The lowest BCUT2D eigenvalue weighted by Gasteiger charge is -2.24. The molecule has 2 fully saturated rings. The van der Waals surface area contributed by atoms with Crippen LogP contribution < -0.4 is 5.73 Å². The Morgan fingerprint density at radius 3 is 2.81 bits per heavy atom. The molecule has 0 aromatic heterocycles. The molecule has 94 valence electrons. The molecule has 2 N–H and O–H groups in total. The van der Waals surface area contributed by atoms with E-state index in [2.05, 4.69) is 11.8 Å². The van der Waals surface area contributed by atoms with Crippen LogP contribution in [-0.2, 0) is 4.79 Å². The van der Waals surface area contributed by atoms with Crippen molar-refractivity contribution in [3.05, 3.63) is 0 Å². The molecule has 2 heterocycles. The average molecular weight is 265 g/mol. The van der Waals surface area contributed by atoms with Crippen molar-refractivity contribution in [3.63, 3.8) is 0 Å². The SMILES string of the molecule is CC1CC(CN)CN1C(=O)C1CCCS1.Cl. The van der Waals surface area contributed by atoms with E-state index in [1.165, 1.54) is 6.42 Å². The number of carbonyl (C=O) groups is 1. The Hall–Kier alpha value is 0.0700. The predicted molar refractivity (Wildman–Crippen MR) is 71.1 cm³/mol. The Morgan fingerprint density at radius 1 is 1.56 bits per heavy atom. The summed E-state index contributed by atoms with van der Waals surface area (Å²) in [5.74, 6) is 2.04. The second-order valence-electron chi connectivity index (χ2n) is 4.68. The standard InChI is InChI=1S/C11H20N2OS.ClH/c1-8-5-9(6-12)7-13(8)11(14)10-3-2-4-15-10;/h8-10H,2-7,12H2,1H3;1H. The number of likely N-dealkylation sites (tertiary alicyclic amines) is 1. The maximum atomic E-state index is 12.2. The van der Waals surface area contributed by atoms with Crippen molar-refractivity contribution in [2.45, 2.75) is 37.5 Å². The molecule has 16 heavy (non-hydrogen) atoms. The van der Waals surface area contributed by atoms with Gasteiger partial charge in [-0.15, -0.1) is 24.2 Å². The minimum Gasteiger partial charge on any atom is -0.339 e. The average Bonchev–Trinajstić information content (AvgIpc) is 2.85. The second kappa shape index (κ2) is 6.12. The molecule has 0 bridgehead atoms. The van der Waals surface area contributed by atoms with E-state index in [1.54, 1.807) is 0 Å². The summed E-state index contributed by atoms with van der Waals surface area (Å²) in [6.07, 6.45) is 3.35. The zero-order chi connectivity index (χ0) is 10.8. The summed E-state index contributed by atoms with van der Waals surface area (Å²) in [4.78, 5) is 14.2. The normalized spacial score (nSPS) is 33.9. The maximum absolute atomic E-state index is 12.2. The first-order valence-electron chi connectivity index (χ1n) is 5.84. The van der Waals surface area contributed by atoms with Crippen molar-refractivity contribution in [2.24, 2.45) is 11.7 Å². The summed E-state index contributed by atoms with van der Waals surface area (Å²) in [6, 6.07) is 0.396. The third-order valence-corrected chi connectivity index (χ3v) is 4.85. The molecule has 0 radical (unpaired) electrons. The lowest BCUT2D eigenvalue weighted by Crippen LogP contribution is -2.39. The van der Waals surface area contributed by atoms with E-state index in [0.29, 0.717) is 24.4 Å². The highest BCUT2D eigenvalue weighted by atomic mass is 35.5. The third kappa shape index (κ3) is 2.84. The van der Waals surface area contributed by atoms with E-state index in [9.17, 15) is 4.79 Å². The van der Waals surface area contributed by atoms with Gasteiger partial charge in [0.15, 0.2) is 0 Å². The molecule has 3 atom stereocenters. The monoisotopic (exact) mass is 264 g/mol. The van der Waals surface area contributed by atoms with Gasteiger partial charge in [0.1, 0.15) is 0 Å². The fraction of sp³-hybridized carbons (Fsp3) is 0.909. The molecular formula is C11H21ClN2OS. The van der Waals surface area contributed by atoms with Gasteiger partial charge < -0.3 is 10.6 Å². The largest absolute Gasteiger partial charge is 0.339 e. The Kier molecular flexibility index (Phi) is 5.41. The number of nitrogens with two attached hydrogens (primary N) is 1. The first kappa shape index (κ1) is 14.1. The van der Waals surface area contributed by atoms with Crippen LogP contribution in [0.1, 0.15) is 26.2 Å². The molecule has 0 aliphatic carbocycles. The van der Waals surface area contributed by atoms with E-state index in [0.717, 1.165) is 25.1 Å². The molecule has 5 heteroatoms. The topological polar surface area (TPSA) is 46.3 Å². The van der Waals surface area contributed by atoms with Crippen molar-refractivity contribution in [2.75, 3.05) is 18.8 Å². The Morgan fingerprint density at radius 2 is 2.31 bits per heavy atom. The molecule has 1 amide bonds. The van der Waals surface area contributed by atoms with Gasteiger partial charge in [0.25, 0.3) is 0 Å². The highest BCUT2D eigenvalue weighted by Crippen LogP contribution is 2.31.